The first-order chi connectivity index (χ1) is 11.0. The lowest BCUT2D eigenvalue weighted by atomic mass is 10.1. The summed E-state index contributed by atoms with van der Waals surface area (Å²) in [5.41, 5.74) is -0.505. The van der Waals surface area contributed by atoms with Crippen LogP contribution in [0.2, 0.25) is 5.02 Å². The largest absolute Gasteiger partial charge is 0.418 e. The Kier molecular flexibility index (Phi) is 9.65. The highest BCUT2D eigenvalue weighted by molar-refractivity contribution is 6.31. The molecule has 0 aliphatic carbocycles. The van der Waals surface area contributed by atoms with E-state index in [4.69, 9.17) is 11.6 Å². The fraction of sp³-hybridized carbons (Fsp3) is 0.667. The zero-order valence-corrected chi connectivity index (χ0v) is 14.6. The molecule has 0 aromatic heterocycles. The Morgan fingerprint density at radius 3 is 2.17 bits per heavy atom. The van der Waals surface area contributed by atoms with Gasteiger partial charge in [0, 0.05) is 6.54 Å². The van der Waals surface area contributed by atoms with Crippen LogP contribution in [0.25, 0.3) is 0 Å². The number of halogens is 4. The first kappa shape index (κ1) is 20.3. The van der Waals surface area contributed by atoms with Gasteiger partial charge in [-0.25, -0.2) is 0 Å². The van der Waals surface area contributed by atoms with Crippen LogP contribution in [0, 0.1) is 0 Å². The number of rotatable bonds is 11. The maximum Gasteiger partial charge on any atom is 0.418 e. The second-order valence-electron chi connectivity index (χ2n) is 5.92. The molecular formula is C18H27ClF3N. The quantitative estimate of drug-likeness (QED) is 0.444. The van der Waals surface area contributed by atoms with Gasteiger partial charge in [0.1, 0.15) is 0 Å². The van der Waals surface area contributed by atoms with E-state index in [0.29, 0.717) is 0 Å². The average Bonchev–Trinajstić information content (AvgIpc) is 2.48. The summed E-state index contributed by atoms with van der Waals surface area (Å²) in [5, 5.41) is 2.86. The summed E-state index contributed by atoms with van der Waals surface area (Å²) in [7, 11) is 0. The zero-order chi connectivity index (χ0) is 17.1. The van der Waals surface area contributed by atoms with Crippen LogP contribution in [-0.4, -0.2) is 6.54 Å². The van der Waals surface area contributed by atoms with Crippen molar-refractivity contribution in [3.05, 3.63) is 34.3 Å². The Bertz CT molecular complexity index is 446. The molecule has 1 N–H and O–H groups in total. The van der Waals surface area contributed by atoms with E-state index in [1.807, 2.05) is 0 Å². The smallest absolute Gasteiger partial charge is 0.313 e. The van der Waals surface area contributed by atoms with Gasteiger partial charge in [0.05, 0.1) is 10.6 Å². The van der Waals surface area contributed by atoms with Crippen LogP contribution in [0.15, 0.2) is 18.2 Å². The molecule has 0 saturated carbocycles. The molecule has 0 heterocycles. The van der Waals surface area contributed by atoms with Gasteiger partial charge in [-0.2, -0.15) is 13.2 Å². The Labute approximate surface area is 142 Å². The van der Waals surface area contributed by atoms with Crippen molar-refractivity contribution in [1.29, 1.82) is 0 Å². The molecule has 0 spiro atoms. The number of hydrogen-bond donors (Lipinski definition) is 1. The van der Waals surface area contributed by atoms with Gasteiger partial charge in [-0.05, 0) is 24.6 Å². The van der Waals surface area contributed by atoms with E-state index in [1.165, 1.54) is 50.7 Å². The third-order valence-corrected chi connectivity index (χ3v) is 4.22. The Morgan fingerprint density at radius 1 is 0.957 bits per heavy atom. The first-order valence-electron chi connectivity index (χ1n) is 8.52. The van der Waals surface area contributed by atoms with E-state index in [0.717, 1.165) is 19.4 Å². The summed E-state index contributed by atoms with van der Waals surface area (Å²) in [6.45, 7) is 3.14. The van der Waals surface area contributed by atoms with Gasteiger partial charge in [0.25, 0.3) is 0 Å². The summed E-state index contributed by atoms with van der Waals surface area (Å²) < 4.78 is 39.0. The third kappa shape index (κ3) is 8.07. The van der Waals surface area contributed by atoms with Crippen molar-refractivity contribution in [3.8, 4) is 0 Å². The number of nitrogens with one attached hydrogen (secondary N) is 1. The minimum Gasteiger partial charge on any atom is -0.313 e. The highest BCUT2D eigenvalue weighted by atomic mass is 35.5. The topological polar surface area (TPSA) is 12.0 Å². The molecule has 0 unspecified atom stereocenters. The van der Waals surface area contributed by atoms with Crippen molar-refractivity contribution in [1.82, 2.24) is 5.32 Å². The number of alkyl halides is 3. The van der Waals surface area contributed by atoms with Crippen LogP contribution in [-0.2, 0) is 12.7 Å². The van der Waals surface area contributed by atoms with Crippen LogP contribution >= 0.6 is 11.6 Å². The van der Waals surface area contributed by atoms with E-state index < -0.39 is 11.7 Å². The average molecular weight is 350 g/mol. The van der Waals surface area contributed by atoms with Gasteiger partial charge in [-0.1, -0.05) is 75.6 Å². The molecule has 0 saturated heterocycles. The van der Waals surface area contributed by atoms with Gasteiger partial charge in [0.2, 0.25) is 0 Å². The maximum absolute atomic E-state index is 13.0. The number of unbranched alkanes of at least 4 members (excludes halogenated alkanes) is 7. The lowest BCUT2D eigenvalue weighted by Crippen LogP contribution is -2.19. The molecule has 0 fully saturated rings. The van der Waals surface area contributed by atoms with Crippen molar-refractivity contribution < 1.29 is 13.2 Å². The SMILES string of the molecule is CCCCCCCCCCNCc1cccc(Cl)c1C(F)(F)F. The predicted octanol–water partition coefficient (Wildman–Crippen LogP) is 6.59. The minimum absolute atomic E-state index is 0.200. The fourth-order valence-corrected chi connectivity index (χ4v) is 2.94. The Morgan fingerprint density at radius 2 is 1.57 bits per heavy atom. The van der Waals surface area contributed by atoms with E-state index in [1.54, 1.807) is 6.07 Å². The van der Waals surface area contributed by atoms with E-state index in [-0.39, 0.29) is 17.1 Å². The fourth-order valence-electron chi connectivity index (χ4n) is 2.64. The Hall–Kier alpha value is -0.740. The van der Waals surface area contributed by atoms with Crippen molar-refractivity contribution >= 4 is 11.6 Å². The molecule has 5 heteroatoms. The number of hydrogen-bond acceptors (Lipinski definition) is 1. The molecule has 132 valence electrons. The molecule has 1 nitrogen and oxygen atoms in total. The lowest BCUT2D eigenvalue weighted by molar-refractivity contribution is -0.138. The second kappa shape index (κ2) is 10.9. The van der Waals surface area contributed by atoms with Crippen LogP contribution in [0.4, 0.5) is 13.2 Å². The lowest BCUT2D eigenvalue weighted by Gasteiger charge is -2.15. The van der Waals surface area contributed by atoms with Crippen LogP contribution < -0.4 is 5.32 Å². The molecular weight excluding hydrogens is 323 g/mol. The Balaban J connectivity index is 2.23. The van der Waals surface area contributed by atoms with E-state index >= 15 is 0 Å². The van der Waals surface area contributed by atoms with Gasteiger partial charge in [-0.15, -0.1) is 0 Å². The molecule has 0 aliphatic rings. The van der Waals surface area contributed by atoms with Gasteiger partial charge in [0.15, 0.2) is 0 Å². The summed E-state index contributed by atoms with van der Waals surface area (Å²) in [4.78, 5) is 0. The summed E-state index contributed by atoms with van der Waals surface area (Å²) in [6.07, 6.45) is 5.34. The standard InChI is InChI=1S/C18H27ClF3N/c1-2-3-4-5-6-7-8-9-13-23-14-15-11-10-12-16(19)17(15)18(20,21)22/h10-12,23H,2-9,13-14H2,1H3. The predicted molar refractivity (Wildman–Crippen MR) is 90.8 cm³/mol. The van der Waals surface area contributed by atoms with Gasteiger partial charge in [-0.3, -0.25) is 0 Å². The highest BCUT2D eigenvalue weighted by Gasteiger charge is 2.35. The highest BCUT2D eigenvalue weighted by Crippen LogP contribution is 2.37. The summed E-state index contributed by atoms with van der Waals surface area (Å²) >= 11 is 5.70. The van der Waals surface area contributed by atoms with E-state index in [2.05, 4.69) is 12.2 Å². The minimum atomic E-state index is -4.41. The third-order valence-electron chi connectivity index (χ3n) is 3.91. The molecule has 23 heavy (non-hydrogen) atoms. The van der Waals surface area contributed by atoms with E-state index in [9.17, 15) is 13.2 Å². The van der Waals surface area contributed by atoms with Gasteiger partial charge >= 0.3 is 6.18 Å². The zero-order valence-electron chi connectivity index (χ0n) is 13.8. The number of benzene rings is 1. The normalized spacial score (nSPS) is 11.9. The molecule has 1 rings (SSSR count). The van der Waals surface area contributed by atoms with Crippen LogP contribution in [0.3, 0.4) is 0 Å². The van der Waals surface area contributed by atoms with Crippen molar-refractivity contribution in [3.63, 3.8) is 0 Å². The molecule has 0 atom stereocenters. The molecule has 0 radical (unpaired) electrons. The molecule has 0 amide bonds. The summed E-state index contributed by atoms with van der Waals surface area (Å²) in [6, 6.07) is 4.33. The second-order valence-corrected chi connectivity index (χ2v) is 6.33. The molecule has 0 aliphatic heterocycles. The first-order valence-corrected chi connectivity index (χ1v) is 8.90. The van der Waals surface area contributed by atoms with Crippen molar-refractivity contribution in [2.75, 3.05) is 6.54 Å². The maximum atomic E-state index is 13.0. The molecule has 0 bridgehead atoms. The molecule has 1 aromatic rings. The molecule has 1 aromatic carbocycles. The van der Waals surface area contributed by atoms with Crippen molar-refractivity contribution in [2.45, 2.75) is 71.0 Å². The van der Waals surface area contributed by atoms with Crippen molar-refractivity contribution in [2.24, 2.45) is 0 Å². The monoisotopic (exact) mass is 349 g/mol. The van der Waals surface area contributed by atoms with Crippen LogP contribution in [0.5, 0.6) is 0 Å². The van der Waals surface area contributed by atoms with Gasteiger partial charge < -0.3 is 5.32 Å². The summed E-state index contributed by atoms with van der Waals surface area (Å²) in [5.74, 6) is 0. The van der Waals surface area contributed by atoms with Crippen LogP contribution in [0.1, 0.15) is 69.4 Å².